The summed E-state index contributed by atoms with van der Waals surface area (Å²) >= 11 is 3.88. The predicted octanol–water partition coefficient (Wildman–Crippen LogP) is 5.34. The molecule has 0 aliphatic carbocycles. The van der Waals surface area contributed by atoms with Gasteiger partial charge in [-0.25, -0.2) is 8.78 Å². The molecule has 0 bridgehead atoms. The van der Waals surface area contributed by atoms with Crippen molar-refractivity contribution in [3.63, 3.8) is 0 Å². The molecule has 0 aromatic heterocycles. The van der Waals surface area contributed by atoms with Gasteiger partial charge in [0, 0.05) is 5.41 Å². The summed E-state index contributed by atoms with van der Waals surface area (Å²) in [7, 11) is 0. The molecule has 0 aliphatic rings. The molecule has 110 valence electrons. The van der Waals surface area contributed by atoms with E-state index in [-0.39, 0.29) is 18.6 Å². The lowest BCUT2D eigenvalue weighted by Gasteiger charge is -2.47. The molecule has 0 amide bonds. The van der Waals surface area contributed by atoms with Gasteiger partial charge in [-0.3, -0.25) is 0 Å². The van der Waals surface area contributed by atoms with Crippen molar-refractivity contribution >= 4 is 12.6 Å². The fraction of sp³-hybridized carbons (Fsp3) is 1.00. The Hall–Kier alpha value is -0.0000000000000000555. The number of alkyl halides is 5. The molecule has 0 nitrogen and oxygen atoms in total. The summed E-state index contributed by atoms with van der Waals surface area (Å²) in [5.41, 5.74) is -4.71. The van der Waals surface area contributed by atoms with E-state index in [1.165, 1.54) is 13.8 Å². The third-order valence-corrected chi connectivity index (χ3v) is 4.45. The van der Waals surface area contributed by atoms with Crippen LogP contribution < -0.4 is 0 Å². The first-order valence-corrected chi connectivity index (χ1v) is 6.62. The quantitative estimate of drug-likeness (QED) is 0.496. The van der Waals surface area contributed by atoms with E-state index in [1.807, 2.05) is 0 Å². The van der Waals surface area contributed by atoms with Crippen molar-refractivity contribution in [1.29, 1.82) is 0 Å². The zero-order chi connectivity index (χ0) is 14.8. The fourth-order valence-electron chi connectivity index (χ4n) is 2.07. The van der Waals surface area contributed by atoms with Crippen LogP contribution in [0.4, 0.5) is 22.0 Å². The number of halogens is 5. The van der Waals surface area contributed by atoms with Crippen LogP contribution in [0.5, 0.6) is 0 Å². The summed E-state index contributed by atoms with van der Waals surface area (Å²) in [5, 5.41) is 0. The molecular formula is C12H21F5S. The van der Waals surface area contributed by atoms with Gasteiger partial charge in [0.05, 0.1) is 0 Å². The summed E-state index contributed by atoms with van der Waals surface area (Å²) in [6.45, 7) is 4.46. The molecule has 0 spiro atoms. The fourth-order valence-corrected chi connectivity index (χ4v) is 2.56. The number of thiol groups is 1. The van der Waals surface area contributed by atoms with Gasteiger partial charge in [0.15, 0.2) is 0 Å². The van der Waals surface area contributed by atoms with Gasteiger partial charge < -0.3 is 0 Å². The highest BCUT2D eigenvalue weighted by molar-refractivity contribution is 7.80. The van der Waals surface area contributed by atoms with Crippen LogP contribution in [0, 0.1) is 10.8 Å². The highest BCUT2D eigenvalue weighted by Crippen LogP contribution is 2.60. The zero-order valence-electron chi connectivity index (χ0n) is 11.2. The molecule has 2 atom stereocenters. The standard InChI is InChI=1S/C12H21F5S/c1-5-9(3,7-8-18)11(13,14)10(4,6-2)12(15,16)17/h18H,5-8H2,1-4H3. The zero-order valence-corrected chi connectivity index (χ0v) is 12.1. The Morgan fingerprint density at radius 2 is 1.33 bits per heavy atom. The average Bonchev–Trinajstić information content (AvgIpc) is 2.25. The first-order valence-electron chi connectivity index (χ1n) is 5.99. The van der Waals surface area contributed by atoms with E-state index in [9.17, 15) is 22.0 Å². The highest BCUT2D eigenvalue weighted by Gasteiger charge is 2.70. The maximum Gasteiger partial charge on any atom is 0.399 e. The second-order valence-electron chi connectivity index (χ2n) is 5.15. The van der Waals surface area contributed by atoms with E-state index in [0.29, 0.717) is 6.92 Å². The van der Waals surface area contributed by atoms with Crippen molar-refractivity contribution in [3.05, 3.63) is 0 Å². The van der Waals surface area contributed by atoms with Crippen LogP contribution in [0.2, 0.25) is 0 Å². The second-order valence-corrected chi connectivity index (χ2v) is 5.59. The van der Waals surface area contributed by atoms with Crippen LogP contribution >= 0.6 is 12.6 Å². The smallest absolute Gasteiger partial charge is 0.205 e. The Morgan fingerprint density at radius 1 is 0.889 bits per heavy atom. The van der Waals surface area contributed by atoms with Crippen LogP contribution in [0.15, 0.2) is 0 Å². The first kappa shape index (κ1) is 18.0. The molecule has 0 aromatic carbocycles. The van der Waals surface area contributed by atoms with Crippen molar-refractivity contribution in [1.82, 2.24) is 0 Å². The number of hydrogen-bond donors (Lipinski definition) is 1. The summed E-state index contributed by atoms with van der Waals surface area (Å²) < 4.78 is 67.9. The van der Waals surface area contributed by atoms with Crippen LogP contribution in [-0.2, 0) is 0 Å². The Labute approximate surface area is 111 Å². The van der Waals surface area contributed by atoms with Crippen LogP contribution in [0.25, 0.3) is 0 Å². The molecule has 0 N–H and O–H groups in total. The van der Waals surface area contributed by atoms with Gasteiger partial charge in [-0.2, -0.15) is 25.8 Å². The van der Waals surface area contributed by atoms with E-state index in [2.05, 4.69) is 12.6 Å². The van der Waals surface area contributed by atoms with E-state index in [0.717, 1.165) is 6.92 Å². The molecule has 0 radical (unpaired) electrons. The van der Waals surface area contributed by atoms with Crippen LogP contribution in [0.1, 0.15) is 47.0 Å². The van der Waals surface area contributed by atoms with Gasteiger partial charge in [-0.05, 0) is 31.9 Å². The number of rotatable bonds is 6. The average molecular weight is 292 g/mol. The van der Waals surface area contributed by atoms with Crippen LogP contribution in [0.3, 0.4) is 0 Å². The topological polar surface area (TPSA) is 0 Å². The summed E-state index contributed by atoms with van der Waals surface area (Å²) in [6, 6.07) is 0. The number of hydrogen-bond acceptors (Lipinski definition) is 1. The van der Waals surface area contributed by atoms with Gasteiger partial charge in [0.1, 0.15) is 5.41 Å². The van der Waals surface area contributed by atoms with Crippen LogP contribution in [-0.4, -0.2) is 17.9 Å². The van der Waals surface area contributed by atoms with Crippen molar-refractivity contribution in [2.45, 2.75) is 59.1 Å². The molecule has 18 heavy (non-hydrogen) atoms. The van der Waals surface area contributed by atoms with Gasteiger partial charge in [0.25, 0.3) is 5.92 Å². The summed E-state index contributed by atoms with van der Waals surface area (Å²) in [5.74, 6) is -3.69. The molecule has 0 heterocycles. The Bertz CT molecular complexity index is 276. The van der Waals surface area contributed by atoms with E-state index in [1.54, 1.807) is 0 Å². The molecular weight excluding hydrogens is 271 g/mol. The highest BCUT2D eigenvalue weighted by atomic mass is 32.1. The molecule has 6 heteroatoms. The maximum atomic E-state index is 14.5. The Morgan fingerprint density at radius 3 is 1.56 bits per heavy atom. The predicted molar refractivity (Wildman–Crippen MR) is 66.3 cm³/mol. The second kappa shape index (κ2) is 5.55. The summed E-state index contributed by atoms with van der Waals surface area (Å²) in [6.07, 6.45) is -5.65. The SMILES string of the molecule is CCC(C)(CCS)C(F)(F)C(C)(CC)C(F)(F)F. The molecule has 2 unspecified atom stereocenters. The lowest BCUT2D eigenvalue weighted by molar-refractivity contribution is -0.324. The molecule has 0 saturated carbocycles. The monoisotopic (exact) mass is 292 g/mol. The minimum Gasteiger partial charge on any atom is -0.205 e. The van der Waals surface area contributed by atoms with E-state index < -0.39 is 29.3 Å². The van der Waals surface area contributed by atoms with E-state index >= 15 is 0 Å². The van der Waals surface area contributed by atoms with Crippen molar-refractivity contribution in [3.8, 4) is 0 Å². The van der Waals surface area contributed by atoms with Gasteiger partial charge in [-0.1, -0.05) is 20.8 Å². The van der Waals surface area contributed by atoms with Gasteiger partial charge in [0.2, 0.25) is 0 Å². The van der Waals surface area contributed by atoms with Crippen molar-refractivity contribution in [2.24, 2.45) is 10.8 Å². The Balaban J connectivity index is 5.71. The first-order chi connectivity index (χ1) is 7.93. The normalized spacial score (nSPS) is 20.3. The largest absolute Gasteiger partial charge is 0.399 e. The molecule has 0 rings (SSSR count). The van der Waals surface area contributed by atoms with E-state index in [4.69, 9.17) is 0 Å². The maximum absolute atomic E-state index is 14.5. The Kier molecular flexibility index (Phi) is 5.55. The molecule has 0 fully saturated rings. The summed E-state index contributed by atoms with van der Waals surface area (Å²) in [4.78, 5) is 0. The van der Waals surface area contributed by atoms with Crippen molar-refractivity contribution in [2.75, 3.05) is 5.75 Å². The van der Waals surface area contributed by atoms with Gasteiger partial charge in [-0.15, -0.1) is 0 Å². The molecule has 0 aliphatic heterocycles. The van der Waals surface area contributed by atoms with Crippen molar-refractivity contribution < 1.29 is 22.0 Å². The third kappa shape index (κ3) is 2.63. The third-order valence-electron chi connectivity index (χ3n) is 4.23. The minimum atomic E-state index is -4.93. The minimum absolute atomic E-state index is 0.0216. The molecule has 0 saturated heterocycles. The lowest BCUT2D eigenvalue weighted by Crippen LogP contribution is -2.57. The lowest BCUT2D eigenvalue weighted by atomic mass is 9.64. The molecule has 0 aromatic rings. The van der Waals surface area contributed by atoms with Gasteiger partial charge >= 0.3 is 6.18 Å².